The third kappa shape index (κ3) is 6.06. The molecule has 1 aromatic carbocycles. The SMILES string of the molecule is COc1cc(NC(=O)CCc2c(C)nc(SC(F)F)nc2C)cc(OC)c1. The van der Waals surface area contributed by atoms with E-state index in [1.165, 1.54) is 14.2 Å². The number of amides is 1. The van der Waals surface area contributed by atoms with Crippen molar-refractivity contribution in [3.05, 3.63) is 35.2 Å². The quantitative estimate of drug-likeness (QED) is 0.536. The summed E-state index contributed by atoms with van der Waals surface area (Å²) in [5.74, 6) is -1.64. The first kappa shape index (κ1) is 20.9. The summed E-state index contributed by atoms with van der Waals surface area (Å²) in [4.78, 5) is 20.5. The number of halogens is 2. The molecule has 1 N–H and O–H groups in total. The van der Waals surface area contributed by atoms with E-state index in [1.807, 2.05) is 0 Å². The van der Waals surface area contributed by atoms with Crippen LogP contribution in [0.15, 0.2) is 23.4 Å². The fourth-order valence-electron chi connectivity index (χ4n) is 2.54. The first-order valence-corrected chi connectivity index (χ1v) is 9.02. The molecule has 0 aliphatic heterocycles. The van der Waals surface area contributed by atoms with Gasteiger partial charge in [-0.3, -0.25) is 4.79 Å². The van der Waals surface area contributed by atoms with Crippen molar-refractivity contribution in [2.75, 3.05) is 19.5 Å². The van der Waals surface area contributed by atoms with Crippen LogP contribution in [-0.2, 0) is 11.2 Å². The number of anilines is 1. The number of nitrogens with one attached hydrogen (secondary N) is 1. The van der Waals surface area contributed by atoms with Crippen molar-refractivity contribution in [2.45, 2.75) is 37.6 Å². The molecule has 1 amide bonds. The number of rotatable bonds is 8. The van der Waals surface area contributed by atoms with E-state index in [0.29, 0.717) is 46.8 Å². The van der Waals surface area contributed by atoms with Crippen LogP contribution >= 0.6 is 11.8 Å². The number of aryl methyl sites for hydroxylation is 2. The highest BCUT2D eigenvalue weighted by molar-refractivity contribution is 7.99. The highest BCUT2D eigenvalue weighted by Crippen LogP contribution is 2.26. The zero-order valence-corrected chi connectivity index (χ0v) is 16.3. The number of carbonyl (C=O) groups excluding carboxylic acids is 1. The maximum absolute atomic E-state index is 12.5. The van der Waals surface area contributed by atoms with Crippen molar-refractivity contribution in [1.29, 1.82) is 0 Å². The van der Waals surface area contributed by atoms with Crippen LogP contribution in [0.2, 0.25) is 0 Å². The molecule has 0 bridgehead atoms. The lowest BCUT2D eigenvalue weighted by Gasteiger charge is -2.12. The molecule has 6 nitrogen and oxygen atoms in total. The van der Waals surface area contributed by atoms with Gasteiger partial charge in [-0.1, -0.05) is 0 Å². The smallest absolute Gasteiger partial charge is 0.291 e. The molecule has 0 spiro atoms. The van der Waals surface area contributed by atoms with E-state index in [0.717, 1.165) is 5.56 Å². The first-order chi connectivity index (χ1) is 12.8. The number of hydrogen-bond acceptors (Lipinski definition) is 6. The third-order valence-electron chi connectivity index (χ3n) is 3.83. The van der Waals surface area contributed by atoms with Crippen molar-refractivity contribution < 1.29 is 23.0 Å². The molecule has 0 unspecified atom stereocenters. The molecule has 0 aliphatic rings. The van der Waals surface area contributed by atoms with E-state index in [1.54, 1.807) is 32.0 Å². The Labute approximate surface area is 160 Å². The second-order valence-electron chi connectivity index (χ2n) is 5.68. The van der Waals surface area contributed by atoms with E-state index in [-0.39, 0.29) is 17.5 Å². The third-order valence-corrected chi connectivity index (χ3v) is 4.40. The number of aromatic nitrogens is 2. The number of benzene rings is 1. The van der Waals surface area contributed by atoms with Gasteiger partial charge in [-0.05, 0) is 37.6 Å². The van der Waals surface area contributed by atoms with E-state index in [2.05, 4.69) is 15.3 Å². The van der Waals surface area contributed by atoms with Crippen molar-refractivity contribution in [3.8, 4) is 11.5 Å². The minimum Gasteiger partial charge on any atom is -0.497 e. The molecule has 0 saturated carbocycles. The van der Waals surface area contributed by atoms with E-state index < -0.39 is 5.76 Å². The highest BCUT2D eigenvalue weighted by atomic mass is 32.2. The maximum Gasteiger partial charge on any atom is 0.291 e. The predicted molar refractivity (Wildman–Crippen MR) is 99.9 cm³/mol. The van der Waals surface area contributed by atoms with Gasteiger partial charge in [0.1, 0.15) is 11.5 Å². The van der Waals surface area contributed by atoms with Crippen molar-refractivity contribution in [1.82, 2.24) is 9.97 Å². The standard InChI is InChI=1S/C18H21F2N3O3S/c1-10-15(11(2)22-18(21-10)27-17(19)20)5-6-16(24)23-12-7-13(25-3)9-14(8-12)26-4/h7-9,17H,5-6H2,1-4H3,(H,23,24). The van der Waals surface area contributed by atoms with Gasteiger partial charge in [0.25, 0.3) is 5.76 Å². The maximum atomic E-state index is 12.5. The van der Waals surface area contributed by atoms with Crippen LogP contribution in [0.3, 0.4) is 0 Å². The summed E-state index contributed by atoms with van der Waals surface area (Å²) in [6.07, 6.45) is 0.607. The Morgan fingerprint density at radius 3 is 2.15 bits per heavy atom. The zero-order chi connectivity index (χ0) is 20.0. The van der Waals surface area contributed by atoms with Crippen LogP contribution in [-0.4, -0.2) is 35.9 Å². The Morgan fingerprint density at radius 1 is 1.11 bits per heavy atom. The summed E-state index contributed by atoms with van der Waals surface area (Å²) in [5, 5.41) is 2.83. The lowest BCUT2D eigenvalue weighted by Crippen LogP contribution is -2.14. The van der Waals surface area contributed by atoms with Gasteiger partial charge in [0.15, 0.2) is 5.16 Å². The average Bonchev–Trinajstić information content (AvgIpc) is 2.59. The van der Waals surface area contributed by atoms with Crippen LogP contribution in [0.1, 0.15) is 23.4 Å². The molecule has 27 heavy (non-hydrogen) atoms. The zero-order valence-electron chi connectivity index (χ0n) is 15.5. The molecule has 2 aromatic rings. The largest absolute Gasteiger partial charge is 0.497 e. The lowest BCUT2D eigenvalue weighted by molar-refractivity contribution is -0.116. The average molecular weight is 397 g/mol. The lowest BCUT2D eigenvalue weighted by atomic mass is 10.1. The summed E-state index contributed by atoms with van der Waals surface area (Å²) < 4.78 is 35.3. The van der Waals surface area contributed by atoms with Gasteiger partial charge in [-0.15, -0.1) is 0 Å². The van der Waals surface area contributed by atoms with Crippen molar-refractivity contribution in [3.63, 3.8) is 0 Å². The minimum absolute atomic E-state index is 0.0386. The first-order valence-electron chi connectivity index (χ1n) is 8.14. The second kappa shape index (κ2) is 9.50. The van der Waals surface area contributed by atoms with Crippen molar-refractivity contribution in [2.24, 2.45) is 0 Å². The number of thioether (sulfide) groups is 1. The molecule has 1 heterocycles. The van der Waals surface area contributed by atoms with E-state index in [9.17, 15) is 13.6 Å². The number of carbonyl (C=O) groups is 1. The molecule has 9 heteroatoms. The van der Waals surface area contributed by atoms with Crippen molar-refractivity contribution >= 4 is 23.4 Å². The van der Waals surface area contributed by atoms with Gasteiger partial charge < -0.3 is 14.8 Å². The van der Waals surface area contributed by atoms with E-state index in [4.69, 9.17) is 9.47 Å². The van der Waals surface area contributed by atoms with Gasteiger partial charge >= 0.3 is 0 Å². The van der Waals surface area contributed by atoms with Gasteiger partial charge in [-0.25, -0.2) is 9.97 Å². The fourth-order valence-corrected chi connectivity index (χ4v) is 3.08. The topological polar surface area (TPSA) is 73.3 Å². The van der Waals surface area contributed by atoms with Gasteiger partial charge in [0.05, 0.1) is 14.2 Å². The summed E-state index contributed by atoms with van der Waals surface area (Å²) in [6.45, 7) is 3.45. The Bertz CT molecular complexity index is 773. The number of hydrogen-bond donors (Lipinski definition) is 1. The number of nitrogens with zero attached hydrogens (tertiary/aromatic N) is 2. The number of alkyl halides is 2. The van der Waals surface area contributed by atoms with Gasteiger partial charge in [0, 0.05) is 41.7 Å². The fraction of sp³-hybridized carbons (Fsp3) is 0.389. The molecular formula is C18H21F2N3O3S. The molecule has 0 fully saturated rings. The summed E-state index contributed by atoms with van der Waals surface area (Å²) in [6, 6.07) is 5.09. The number of methoxy groups -OCH3 is 2. The molecule has 0 aliphatic carbocycles. The van der Waals surface area contributed by atoms with Crippen LogP contribution < -0.4 is 14.8 Å². The van der Waals surface area contributed by atoms with Crippen LogP contribution in [0.4, 0.5) is 14.5 Å². The highest BCUT2D eigenvalue weighted by Gasteiger charge is 2.14. The normalized spacial score (nSPS) is 10.8. The number of ether oxygens (including phenoxy) is 2. The minimum atomic E-state index is -2.57. The Kier molecular flexibility index (Phi) is 7.35. The Balaban J connectivity index is 2.03. The van der Waals surface area contributed by atoms with Crippen LogP contribution in [0.25, 0.3) is 0 Å². The van der Waals surface area contributed by atoms with Crippen LogP contribution in [0, 0.1) is 13.8 Å². The summed E-state index contributed by atoms with van der Waals surface area (Å²) in [5.41, 5.74) is 2.54. The van der Waals surface area contributed by atoms with E-state index >= 15 is 0 Å². The summed E-state index contributed by atoms with van der Waals surface area (Å²) in [7, 11) is 3.06. The second-order valence-corrected chi connectivity index (χ2v) is 6.64. The Morgan fingerprint density at radius 2 is 1.67 bits per heavy atom. The monoisotopic (exact) mass is 397 g/mol. The predicted octanol–water partition coefficient (Wildman–Crippen LogP) is 4.00. The molecule has 2 rings (SSSR count). The molecule has 1 aromatic heterocycles. The molecule has 146 valence electrons. The van der Waals surface area contributed by atoms with Gasteiger partial charge in [-0.2, -0.15) is 8.78 Å². The van der Waals surface area contributed by atoms with Crippen LogP contribution in [0.5, 0.6) is 11.5 Å². The molecular weight excluding hydrogens is 376 g/mol. The Hall–Kier alpha value is -2.42. The molecule has 0 radical (unpaired) electrons. The summed E-state index contributed by atoms with van der Waals surface area (Å²) >= 11 is 0.310. The molecule has 0 atom stereocenters. The molecule has 0 saturated heterocycles. The van der Waals surface area contributed by atoms with Gasteiger partial charge in [0.2, 0.25) is 5.91 Å².